The lowest BCUT2D eigenvalue weighted by Gasteiger charge is -2.31. The van der Waals surface area contributed by atoms with Crippen molar-refractivity contribution < 1.29 is 4.79 Å². The van der Waals surface area contributed by atoms with E-state index >= 15 is 0 Å². The number of thioether (sulfide) groups is 1. The molecule has 0 aliphatic carbocycles. The highest BCUT2D eigenvalue weighted by Gasteiger charge is 2.18. The van der Waals surface area contributed by atoms with Gasteiger partial charge in [-0.2, -0.15) is 11.8 Å². The number of hydrogen-bond acceptors (Lipinski definition) is 3. The van der Waals surface area contributed by atoms with Crippen molar-refractivity contribution in [1.82, 2.24) is 10.2 Å². The van der Waals surface area contributed by atoms with Gasteiger partial charge in [0.2, 0.25) is 0 Å². The van der Waals surface area contributed by atoms with Crippen molar-refractivity contribution in [2.24, 2.45) is 0 Å². The van der Waals surface area contributed by atoms with E-state index in [0.29, 0.717) is 0 Å². The number of nitrogens with one attached hydrogen (secondary N) is 1. The molecule has 3 nitrogen and oxygen atoms in total. The summed E-state index contributed by atoms with van der Waals surface area (Å²) in [6.45, 7) is 5.60. The van der Waals surface area contributed by atoms with Gasteiger partial charge in [0, 0.05) is 43.2 Å². The topological polar surface area (TPSA) is 32.3 Å². The van der Waals surface area contributed by atoms with Gasteiger partial charge in [-0.1, -0.05) is 19.1 Å². The number of carbonyl (C=O) groups excluding carboxylic acids is 1. The largest absolute Gasteiger partial charge is 0.355 e. The summed E-state index contributed by atoms with van der Waals surface area (Å²) in [7, 11) is 1.66. The monoisotopic (exact) mass is 278 g/mol. The second kappa shape index (κ2) is 6.96. The molecular formula is C15H22N2OS. The summed E-state index contributed by atoms with van der Waals surface area (Å²) in [4.78, 5) is 14.0. The molecule has 1 atom stereocenters. The van der Waals surface area contributed by atoms with Crippen LogP contribution in [0.5, 0.6) is 0 Å². The Morgan fingerprint density at radius 2 is 2.16 bits per heavy atom. The summed E-state index contributed by atoms with van der Waals surface area (Å²) in [6.07, 6.45) is 1.25. The Balaban J connectivity index is 1.94. The molecule has 1 fully saturated rings. The van der Waals surface area contributed by atoms with Crippen LogP contribution in [0.1, 0.15) is 29.3 Å². The van der Waals surface area contributed by atoms with Gasteiger partial charge in [-0.3, -0.25) is 9.69 Å². The first-order chi connectivity index (χ1) is 9.22. The van der Waals surface area contributed by atoms with Gasteiger partial charge in [-0.15, -0.1) is 0 Å². The third-order valence-electron chi connectivity index (χ3n) is 3.53. The normalized spacial score (nSPS) is 20.2. The SMILES string of the molecule is CC[C@@H]1CN(Cc2ccc(C(=O)NC)cc2)CCS1. The highest BCUT2D eigenvalue weighted by Crippen LogP contribution is 2.22. The van der Waals surface area contributed by atoms with Gasteiger partial charge in [0.25, 0.3) is 5.91 Å². The second-order valence-corrected chi connectivity index (χ2v) is 6.32. The molecular weight excluding hydrogens is 256 g/mol. The lowest BCUT2D eigenvalue weighted by atomic mass is 10.1. The molecule has 0 unspecified atom stereocenters. The van der Waals surface area contributed by atoms with E-state index in [0.717, 1.165) is 17.4 Å². The van der Waals surface area contributed by atoms with Gasteiger partial charge in [0.15, 0.2) is 0 Å². The van der Waals surface area contributed by atoms with Crippen LogP contribution in [0.2, 0.25) is 0 Å². The van der Waals surface area contributed by atoms with Crippen molar-refractivity contribution in [3.8, 4) is 0 Å². The maximum absolute atomic E-state index is 11.5. The Labute approximate surface area is 119 Å². The van der Waals surface area contributed by atoms with E-state index in [9.17, 15) is 4.79 Å². The molecule has 0 bridgehead atoms. The van der Waals surface area contributed by atoms with Crippen molar-refractivity contribution >= 4 is 17.7 Å². The molecule has 1 heterocycles. The molecule has 1 saturated heterocycles. The minimum atomic E-state index is -0.0213. The van der Waals surface area contributed by atoms with Gasteiger partial charge < -0.3 is 5.32 Å². The van der Waals surface area contributed by atoms with Crippen LogP contribution < -0.4 is 5.32 Å². The maximum Gasteiger partial charge on any atom is 0.251 e. The predicted molar refractivity (Wildman–Crippen MR) is 81.6 cm³/mol. The second-order valence-electron chi connectivity index (χ2n) is 4.91. The summed E-state index contributed by atoms with van der Waals surface area (Å²) in [5, 5.41) is 3.42. The fourth-order valence-electron chi connectivity index (χ4n) is 2.34. The first-order valence-electron chi connectivity index (χ1n) is 6.88. The van der Waals surface area contributed by atoms with Crippen molar-refractivity contribution in [2.75, 3.05) is 25.9 Å². The molecule has 104 valence electrons. The van der Waals surface area contributed by atoms with Gasteiger partial charge in [0.1, 0.15) is 0 Å². The van der Waals surface area contributed by atoms with Gasteiger partial charge in [-0.05, 0) is 24.1 Å². The number of rotatable bonds is 4. The van der Waals surface area contributed by atoms with E-state index < -0.39 is 0 Å². The van der Waals surface area contributed by atoms with Crippen LogP contribution in [-0.2, 0) is 6.54 Å². The Hall–Kier alpha value is -1.00. The van der Waals surface area contributed by atoms with Crippen LogP contribution in [0.15, 0.2) is 24.3 Å². The van der Waals surface area contributed by atoms with E-state index in [2.05, 4.69) is 41.0 Å². The summed E-state index contributed by atoms with van der Waals surface area (Å²) >= 11 is 2.09. The molecule has 1 aliphatic heterocycles. The maximum atomic E-state index is 11.5. The molecule has 0 spiro atoms. The Morgan fingerprint density at radius 1 is 1.42 bits per heavy atom. The summed E-state index contributed by atoms with van der Waals surface area (Å²) in [6, 6.07) is 7.94. The van der Waals surface area contributed by atoms with Gasteiger partial charge >= 0.3 is 0 Å². The highest BCUT2D eigenvalue weighted by molar-refractivity contribution is 8.00. The number of hydrogen-bond donors (Lipinski definition) is 1. The third kappa shape index (κ3) is 3.98. The van der Waals surface area contributed by atoms with Crippen molar-refractivity contribution in [3.63, 3.8) is 0 Å². The molecule has 4 heteroatoms. The number of nitrogens with zero attached hydrogens (tertiary/aromatic N) is 1. The molecule has 0 radical (unpaired) electrons. The zero-order valence-electron chi connectivity index (χ0n) is 11.7. The van der Waals surface area contributed by atoms with E-state index in [4.69, 9.17) is 0 Å². The fraction of sp³-hybridized carbons (Fsp3) is 0.533. The van der Waals surface area contributed by atoms with Crippen LogP contribution >= 0.6 is 11.8 Å². The van der Waals surface area contributed by atoms with E-state index in [1.54, 1.807) is 7.05 Å². The quantitative estimate of drug-likeness (QED) is 0.918. The van der Waals surface area contributed by atoms with Gasteiger partial charge in [-0.25, -0.2) is 0 Å². The van der Waals surface area contributed by atoms with Crippen molar-refractivity contribution in [2.45, 2.75) is 25.1 Å². The molecule has 1 amide bonds. The average molecular weight is 278 g/mol. The molecule has 1 aliphatic rings. The molecule has 1 N–H and O–H groups in total. The van der Waals surface area contributed by atoms with Crippen molar-refractivity contribution in [3.05, 3.63) is 35.4 Å². The zero-order chi connectivity index (χ0) is 13.7. The first-order valence-corrected chi connectivity index (χ1v) is 7.92. The third-order valence-corrected chi connectivity index (χ3v) is 4.90. The molecule has 1 aromatic rings. The minimum Gasteiger partial charge on any atom is -0.355 e. The molecule has 1 aromatic carbocycles. The molecule has 2 rings (SSSR count). The van der Waals surface area contributed by atoms with Crippen LogP contribution in [0.3, 0.4) is 0 Å². The summed E-state index contributed by atoms with van der Waals surface area (Å²) in [5.74, 6) is 1.21. The fourth-order valence-corrected chi connectivity index (χ4v) is 3.58. The van der Waals surface area contributed by atoms with Crippen LogP contribution in [0.4, 0.5) is 0 Å². The molecule has 0 saturated carbocycles. The molecule has 0 aromatic heterocycles. The van der Waals surface area contributed by atoms with E-state index in [1.165, 1.54) is 30.8 Å². The highest BCUT2D eigenvalue weighted by atomic mass is 32.2. The van der Waals surface area contributed by atoms with E-state index in [1.807, 2.05) is 12.1 Å². The predicted octanol–water partition coefficient (Wildman–Crippen LogP) is 2.37. The van der Waals surface area contributed by atoms with Crippen LogP contribution in [0.25, 0.3) is 0 Å². The van der Waals surface area contributed by atoms with Crippen LogP contribution in [-0.4, -0.2) is 41.9 Å². The lowest BCUT2D eigenvalue weighted by molar-refractivity contribution is 0.0963. The Morgan fingerprint density at radius 3 is 2.79 bits per heavy atom. The Kier molecular flexibility index (Phi) is 5.28. The number of benzene rings is 1. The van der Waals surface area contributed by atoms with Crippen LogP contribution in [0, 0.1) is 0 Å². The lowest BCUT2D eigenvalue weighted by Crippen LogP contribution is -2.37. The first kappa shape index (κ1) is 14.4. The summed E-state index contributed by atoms with van der Waals surface area (Å²) in [5.41, 5.74) is 2.02. The standard InChI is InChI=1S/C15H22N2OS/c1-3-14-11-17(8-9-19-14)10-12-4-6-13(7-5-12)15(18)16-2/h4-7,14H,3,8-11H2,1-2H3,(H,16,18)/t14-/m1/s1. The summed E-state index contributed by atoms with van der Waals surface area (Å²) < 4.78 is 0. The smallest absolute Gasteiger partial charge is 0.251 e. The van der Waals surface area contributed by atoms with Crippen molar-refractivity contribution in [1.29, 1.82) is 0 Å². The number of carbonyl (C=O) groups is 1. The molecule has 19 heavy (non-hydrogen) atoms. The minimum absolute atomic E-state index is 0.0213. The zero-order valence-corrected chi connectivity index (χ0v) is 12.5. The number of amides is 1. The average Bonchev–Trinajstić information content (AvgIpc) is 2.47. The Bertz CT molecular complexity index is 419. The van der Waals surface area contributed by atoms with E-state index in [-0.39, 0.29) is 5.91 Å². The van der Waals surface area contributed by atoms with Gasteiger partial charge in [0.05, 0.1) is 0 Å².